The van der Waals surface area contributed by atoms with E-state index in [1.165, 1.54) is 0 Å². The Morgan fingerprint density at radius 2 is 2.35 bits per heavy atom. The predicted octanol–water partition coefficient (Wildman–Crippen LogP) is 0.411. The topological polar surface area (TPSA) is 59.0 Å². The van der Waals surface area contributed by atoms with Crippen LogP contribution in [0.25, 0.3) is 0 Å². The Balaban J connectivity index is 2.30. The van der Waals surface area contributed by atoms with Crippen LogP contribution in [0.1, 0.15) is 26.7 Å². The number of carbonyl (C=O) groups is 1. The van der Waals surface area contributed by atoms with Crippen molar-refractivity contribution in [1.82, 2.24) is 4.90 Å². The molecule has 100 valence electrons. The second kappa shape index (κ2) is 7.63. The van der Waals surface area contributed by atoms with Gasteiger partial charge in [0, 0.05) is 12.6 Å². The number of unbranched alkanes of at least 4 members (excludes halogenated alkanes) is 1. The van der Waals surface area contributed by atoms with Gasteiger partial charge in [-0.25, -0.2) is 0 Å². The Morgan fingerprint density at radius 1 is 1.59 bits per heavy atom. The fourth-order valence-corrected chi connectivity index (χ4v) is 1.75. The molecule has 1 rings (SSSR count). The maximum atomic E-state index is 11.6. The molecule has 0 amide bonds. The fraction of sp³-hybridized carbons (Fsp3) is 0.917. The van der Waals surface area contributed by atoms with Crippen LogP contribution in [0.15, 0.2) is 0 Å². The monoisotopic (exact) mass is 245 g/mol. The summed E-state index contributed by atoms with van der Waals surface area (Å²) in [4.78, 5) is 13.6. The summed E-state index contributed by atoms with van der Waals surface area (Å²) in [6.07, 6.45) is 1.74. The number of aliphatic hydroxyl groups excluding tert-OH is 1. The first-order chi connectivity index (χ1) is 8.17. The highest BCUT2D eigenvalue weighted by atomic mass is 16.5. The number of morpholine rings is 1. The lowest BCUT2D eigenvalue weighted by Crippen LogP contribution is -2.51. The molecule has 17 heavy (non-hydrogen) atoms. The van der Waals surface area contributed by atoms with E-state index in [1.54, 1.807) is 0 Å². The summed E-state index contributed by atoms with van der Waals surface area (Å²) in [7, 11) is 0. The van der Waals surface area contributed by atoms with Crippen molar-refractivity contribution in [2.75, 3.05) is 32.9 Å². The van der Waals surface area contributed by atoms with Crippen molar-refractivity contribution >= 4 is 5.97 Å². The summed E-state index contributed by atoms with van der Waals surface area (Å²) in [5, 5.41) is 9.03. The molecule has 1 aliphatic rings. The van der Waals surface area contributed by atoms with Gasteiger partial charge in [-0.3, -0.25) is 9.69 Å². The SMILES string of the molecule is CCCCOC(=O)CN1CC(CO)OCC1C. The minimum Gasteiger partial charge on any atom is -0.465 e. The maximum Gasteiger partial charge on any atom is 0.320 e. The van der Waals surface area contributed by atoms with Gasteiger partial charge in [0.2, 0.25) is 0 Å². The molecule has 1 saturated heterocycles. The van der Waals surface area contributed by atoms with Gasteiger partial charge < -0.3 is 14.6 Å². The van der Waals surface area contributed by atoms with Crippen LogP contribution in [0.2, 0.25) is 0 Å². The molecular formula is C12H23NO4. The first kappa shape index (κ1) is 14.4. The quantitative estimate of drug-likeness (QED) is 0.542. The molecule has 0 bridgehead atoms. The van der Waals surface area contributed by atoms with Gasteiger partial charge in [0.15, 0.2) is 0 Å². The van der Waals surface area contributed by atoms with Crippen molar-refractivity contribution in [3.05, 3.63) is 0 Å². The summed E-state index contributed by atoms with van der Waals surface area (Å²) < 4.78 is 10.5. The summed E-state index contributed by atoms with van der Waals surface area (Å²) in [5.74, 6) is -0.191. The lowest BCUT2D eigenvalue weighted by atomic mass is 10.2. The number of ether oxygens (including phenoxy) is 2. The highest BCUT2D eigenvalue weighted by Gasteiger charge is 2.27. The molecule has 5 nitrogen and oxygen atoms in total. The smallest absolute Gasteiger partial charge is 0.320 e. The van der Waals surface area contributed by atoms with Crippen molar-refractivity contribution in [2.45, 2.75) is 38.8 Å². The average Bonchev–Trinajstić information content (AvgIpc) is 2.32. The van der Waals surface area contributed by atoms with Crippen LogP contribution in [-0.2, 0) is 14.3 Å². The molecule has 1 heterocycles. The van der Waals surface area contributed by atoms with E-state index in [9.17, 15) is 4.79 Å². The first-order valence-corrected chi connectivity index (χ1v) is 6.29. The van der Waals surface area contributed by atoms with Gasteiger partial charge >= 0.3 is 5.97 Å². The largest absolute Gasteiger partial charge is 0.465 e. The molecule has 1 N–H and O–H groups in total. The molecule has 0 spiro atoms. The van der Waals surface area contributed by atoms with Crippen LogP contribution in [0, 0.1) is 0 Å². The van der Waals surface area contributed by atoms with E-state index in [0.29, 0.717) is 19.8 Å². The second-order valence-corrected chi connectivity index (χ2v) is 4.49. The summed E-state index contributed by atoms with van der Waals surface area (Å²) >= 11 is 0. The Kier molecular flexibility index (Phi) is 6.47. The first-order valence-electron chi connectivity index (χ1n) is 6.29. The Hall–Kier alpha value is -0.650. The molecule has 1 fully saturated rings. The molecule has 0 radical (unpaired) electrons. The van der Waals surface area contributed by atoms with Gasteiger partial charge in [-0.05, 0) is 13.3 Å². The summed E-state index contributed by atoms with van der Waals surface area (Å²) in [5.41, 5.74) is 0. The van der Waals surface area contributed by atoms with Gasteiger partial charge in [0.25, 0.3) is 0 Å². The standard InChI is InChI=1S/C12H23NO4/c1-3-4-5-16-12(15)7-13-6-11(8-14)17-9-10(13)2/h10-11,14H,3-9H2,1-2H3. The van der Waals surface area contributed by atoms with Crippen molar-refractivity contribution in [3.63, 3.8) is 0 Å². The number of carbonyl (C=O) groups excluding carboxylic acids is 1. The maximum absolute atomic E-state index is 11.6. The molecule has 5 heteroatoms. The average molecular weight is 245 g/mol. The second-order valence-electron chi connectivity index (χ2n) is 4.49. The molecule has 0 aromatic carbocycles. The van der Waals surface area contributed by atoms with Gasteiger partial charge in [-0.2, -0.15) is 0 Å². The number of hydrogen-bond donors (Lipinski definition) is 1. The van der Waals surface area contributed by atoms with E-state index in [-0.39, 0.29) is 31.3 Å². The number of hydrogen-bond acceptors (Lipinski definition) is 5. The van der Waals surface area contributed by atoms with Crippen LogP contribution in [0.5, 0.6) is 0 Å². The molecule has 0 aromatic heterocycles. The van der Waals surface area contributed by atoms with Gasteiger partial charge in [0.05, 0.1) is 32.5 Å². The minimum atomic E-state index is -0.191. The van der Waals surface area contributed by atoms with Crippen LogP contribution in [-0.4, -0.2) is 61.0 Å². The zero-order valence-electron chi connectivity index (χ0n) is 10.7. The number of esters is 1. The van der Waals surface area contributed by atoms with Gasteiger partial charge in [0.1, 0.15) is 0 Å². The number of nitrogens with zero attached hydrogens (tertiary/aromatic N) is 1. The highest BCUT2D eigenvalue weighted by Crippen LogP contribution is 2.11. The third-order valence-corrected chi connectivity index (χ3v) is 2.93. The van der Waals surface area contributed by atoms with Crippen LogP contribution >= 0.6 is 0 Å². The Bertz CT molecular complexity index is 235. The summed E-state index contributed by atoms with van der Waals surface area (Å²) in [6, 6.07) is 0.191. The van der Waals surface area contributed by atoms with Crippen molar-refractivity contribution < 1.29 is 19.4 Å². The van der Waals surface area contributed by atoms with E-state index in [0.717, 1.165) is 12.8 Å². The zero-order chi connectivity index (χ0) is 12.7. The number of rotatable bonds is 6. The van der Waals surface area contributed by atoms with E-state index < -0.39 is 0 Å². The third kappa shape index (κ3) is 5.02. The van der Waals surface area contributed by atoms with Crippen LogP contribution < -0.4 is 0 Å². The third-order valence-electron chi connectivity index (χ3n) is 2.93. The Morgan fingerprint density at radius 3 is 3.00 bits per heavy atom. The molecule has 1 aliphatic heterocycles. The van der Waals surface area contributed by atoms with E-state index in [4.69, 9.17) is 14.6 Å². The molecular weight excluding hydrogens is 222 g/mol. The Labute approximate surface area is 103 Å². The lowest BCUT2D eigenvalue weighted by molar-refractivity contribution is -0.149. The highest BCUT2D eigenvalue weighted by molar-refractivity contribution is 5.71. The molecule has 0 saturated carbocycles. The molecule has 0 aromatic rings. The van der Waals surface area contributed by atoms with Gasteiger partial charge in [-0.1, -0.05) is 13.3 Å². The minimum absolute atomic E-state index is 0.00585. The lowest BCUT2D eigenvalue weighted by Gasteiger charge is -2.36. The van der Waals surface area contributed by atoms with Gasteiger partial charge in [-0.15, -0.1) is 0 Å². The zero-order valence-corrected chi connectivity index (χ0v) is 10.7. The van der Waals surface area contributed by atoms with Crippen molar-refractivity contribution in [3.8, 4) is 0 Å². The van der Waals surface area contributed by atoms with E-state index in [2.05, 4.69) is 6.92 Å². The molecule has 2 unspecified atom stereocenters. The summed E-state index contributed by atoms with van der Waals surface area (Å²) in [6.45, 7) is 5.97. The number of aliphatic hydroxyl groups is 1. The van der Waals surface area contributed by atoms with Crippen LogP contribution in [0.3, 0.4) is 0 Å². The van der Waals surface area contributed by atoms with E-state index in [1.807, 2.05) is 11.8 Å². The van der Waals surface area contributed by atoms with Crippen LogP contribution in [0.4, 0.5) is 0 Å². The normalized spacial score (nSPS) is 25.8. The van der Waals surface area contributed by atoms with Crippen molar-refractivity contribution in [2.24, 2.45) is 0 Å². The predicted molar refractivity (Wildman–Crippen MR) is 63.7 cm³/mol. The molecule has 2 atom stereocenters. The van der Waals surface area contributed by atoms with Crippen molar-refractivity contribution in [1.29, 1.82) is 0 Å². The molecule has 0 aliphatic carbocycles. The van der Waals surface area contributed by atoms with E-state index >= 15 is 0 Å². The fourth-order valence-electron chi connectivity index (χ4n) is 1.75.